The molecular weight excluding hydrogens is 412 g/mol. The van der Waals surface area contributed by atoms with Crippen molar-refractivity contribution in [2.75, 3.05) is 27.9 Å². The van der Waals surface area contributed by atoms with Crippen molar-refractivity contribution in [2.24, 2.45) is 0 Å². The summed E-state index contributed by atoms with van der Waals surface area (Å²) in [5.74, 6) is 1.89. The first-order valence-corrected chi connectivity index (χ1v) is 11.1. The second-order valence-corrected chi connectivity index (χ2v) is 8.66. The van der Waals surface area contributed by atoms with Crippen LogP contribution in [0.5, 0.6) is 17.2 Å². The number of hydrogen-bond donors (Lipinski definition) is 1. The first-order valence-electron chi connectivity index (χ1n) is 8.77. The SMILES string of the molecule is COc1ccc(S(=O)(=O)NCCc2csc(-c3ccc(OC)c(OC)c3)n2)cc1. The lowest BCUT2D eigenvalue weighted by atomic mass is 10.2. The van der Waals surface area contributed by atoms with Crippen molar-refractivity contribution in [2.45, 2.75) is 11.3 Å². The standard InChI is InChI=1S/C20H22N2O5S2/c1-25-16-5-7-17(8-6-16)29(23,24)21-11-10-15-13-28-20(22-15)14-4-9-18(26-2)19(12-14)27-3/h4-9,12-13,21H,10-11H2,1-3H3. The first-order chi connectivity index (χ1) is 14.0. The Bertz CT molecular complexity index is 1060. The number of nitrogens with one attached hydrogen (secondary N) is 1. The van der Waals surface area contributed by atoms with Crippen LogP contribution in [0.15, 0.2) is 52.7 Å². The predicted molar refractivity (Wildman–Crippen MR) is 113 cm³/mol. The molecule has 3 rings (SSSR count). The van der Waals surface area contributed by atoms with Crippen LogP contribution in [-0.4, -0.2) is 41.3 Å². The number of aromatic nitrogens is 1. The number of ether oxygens (including phenoxy) is 3. The predicted octanol–water partition coefficient (Wildman–Crippen LogP) is 3.36. The van der Waals surface area contributed by atoms with Crippen molar-refractivity contribution < 1.29 is 22.6 Å². The lowest BCUT2D eigenvalue weighted by molar-refractivity contribution is 0.355. The molecule has 0 saturated heterocycles. The van der Waals surface area contributed by atoms with Gasteiger partial charge in [0.1, 0.15) is 10.8 Å². The zero-order valence-corrected chi connectivity index (χ0v) is 18.0. The van der Waals surface area contributed by atoms with Crippen LogP contribution in [0.4, 0.5) is 0 Å². The molecule has 0 aliphatic carbocycles. The third-order valence-electron chi connectivity index (χ3n) is 4.23. The highest BCUT2D eigenvalue weighted by Gasteiger charge is 2.14. The van der Waals surface area contributed by atoms with Crippen molar-refractivity contribution in [1.29, 1.82) is 0 Å². The maximum absolute atomic E-state index is 12.4. The van der Waals surface area contributed by atoms with E-state index in [-0.39, 0.29) is 11.4 Å². The van der Waals surface area contributed by atoms with Gasteiger partial charge in [0.15, 0.2) is 11.5 Å². The van der Waals surface area contributed by atoms with Crippen LogP contribution in [0.3, 0.4) is 0 Å². The molecular formula is C20H22N2O5S2. The van der Waals surface area contributed by atoms with Crippen molar-refractivity contribution in [3.63, 3.8) is 0 Å². The summed E-state index contributed by atoms with van der Waals surface area (Å²) >= 11 is 1.50. The lowest BCUT2D eigenvalue weighted by Crippen LogP contribution is -2.26. The van der Waals surface area contributed by atoms with E-state index in [1.165, 1.54) is 30.6 Å². The fraction of sp³-hybridized carbons (Fsp3) is 0.250. The van der Waals surface area contributed by atoms with E-state index >= 15 is 0 Å². The van der Waals surface area contributed by atoms with Crippen molar-refractivity contribution in [3.05, 3.63) is 53.5 Å². The highest BCUT2D eigenvalue weighted by atomic mass is 32.2. The zero-order valence-electron chi connectivity index (χ0n) is 16.3. The number of methoxy groups -OCH3 is 3. The van der Waals surface area contributed by atoms with Crippen LogP contribution < -0.4 is 18.9 Å². The maximum Gasteiger partial charge on any atom is 0.240 e. The van der Waals surface area contributed by atoms with Crippen LogP contribution in [0.2, 0.25) is 0 Å². The number of nitrogens with zero attached hydrogens (tertiary/aromatic N) is 1. The Morgan fingerprint density at radius 2 is 1.69 bits per heavy atom. The molecule has 154 valence electrons. The van der Waals surface area contributed by atoms with Gasteiger partial charge in [-0.2, -0.15) is 0 Å². The second kappa shape index (κ2) is 9.25. The average molecular weight is 435 g/mol. The number of hydrogen-bond acceptors (Lipinski definition) is 7. The molecule has 7 nitrogen and oxygen atoms in total. The van der Waals surface area contributed by atoms with Gasteiger partial charge in [0.2, 0.25) is 10.0 Å². The van der Waals surface area contributed by atoms with Crippen LogP contribution in [0, 0.1) is 0 Å². The van der Waals surface area contributed by atoms with Crippen molar-refractivity contribution in [3.8, 4) is 27.8 Å². The summed E-state index contributed by atoms with van der Waals surface area (Å²) < 4.78 is 43.0. The number of benzene rings is 2. The molecule has 29 heavy (non-hydrogen) atoms. The van der Waals surface area contributed by atoms with Gasteiger partial charge in [-0.05, 0) is 42.5 Å². The molecule has 0 aliphatic heterocycles. The van der Waals surface area contributed by atoms with Gasteiger partial charge < -0.3 is 14.2 Å². The summed E-state index contributed by atoms with van der Waals surface area (Å²) in [5.41, 5.74) is 1.73. The van der Waals surface area contributed by atoms with Gasteiger partial charge in [-0.25, -0.2) is 18.1 Å². The topological polar surface area (TPSA) is 86.8 Å². The molecule has 0 unspecified atom stereocenters. The summed E-state index contributed by atoms with van der Waals surface area (Å²) in [7, 11) is 1.13. The van der Waals surface area contributed by atoms with Crippen LogP contribution >= 0.6 is 11.3 Å². The number of thiazole rings is 1. The number of sulfonamides is 1. The smallest absolute Gasteiger partial charge is 0.240 e. The minimum atomic E-state index is -3.58. The summed E-state index contributed by atoms with van der Waals surface area (Å²) in [6.07, 6.45) is 0.485. The van der Waals surface area contributed by atoms with Crippen LogP contribution in [0.1, 0.15) is 5.69 Å². The highest BCUT2D eigenvalue weighted by molar-refractivity contribution is 7.89. The quantitative estimate of drug-likeness (QED) is 0.556. The molecule has 2 aromatic carbocycles. The third kappa shape index (κ3) is 5.06. The largest absolute Gasteiger partial charge is 0.497 e. The van der Waals surface area contributed by atoms with Gasteiger partial charge >= 0.3 is 0 Å². The molecule has 1 heterocycles. The number of rotatable bonds is 9. The lowest BCUT2D eigenvalue weighted by Gasteiger charge is -2.08. The molecule has 0 atom stereocenters. The average Bonchev–Trinajstić information content (AvgIpc) is 3.22. The minimum absolute atomic E-state index is 0.197. The molecule has 9 heteroatoms. The van der Waals surface area contributed by atoms with Gasteiger partial charge in [0.25, 0.3) is 0 Å². The van der Waals surface area contributed by atoms with Gasteiger partial charge in [0.05, 0.1) is 31.9 Å². The Morgan fingerprint density at radius 1 is 0.966 bits per heavy atom. The molecule has 0 aliphatic rings. The molecule has 0 bridgehead atoms. The second-order valence-electron chi connectivity index (χ2n) is 6.04. The Morgan fingerprint density at radius 3 is 2.34 bits per heavy atom. The van der Waals surface area contributed by atoms with Crippen molar-refractivity contribution in [1.82, 2.24) is 9.71 Å². The molecule has 0 amide bonds. The minimum Gasteiger partial charge on any atom is -0.497 e. The van der Waals surface area contributed by atoms with E-state index in [0.717, 1.165) is 16.3 Å². The van der Waals surface area contributed by atoms with E-state index in [4.69, 9.17) is 14.2 Å². The van der Waals surface area contributed by atoms with Gasteiger partial charge in [-0.15, -0.1) is 11.3 Å². The Hall–Kier alpha value is -2.62. The third-order valence-corrected chi connectivity index (χ3v) is 6.64. The van der Waals surface area contributed by atoms with Gasteiger partial charge in [-0.3, -0.25) is 0 Å². The molecule has 3 aromatic rings. The summed E-state index contributed by atoms with van der Waals surface area (Å²) in [6.45, 7) is 0.253. The van der Waals surface area contributed by atoms with E-state index in [2.05, 4.69) is 9.71 Å². The Labute approximate surface area is 174 Å². The molecule has 0 saturated carbocycles. The van der Waals surface area contributed by atoms with Crippen LogP contribution in [-0.2, 0) is 16.4 Å². The van der Waals surface area contributed by atoms with E-state index in [1.807, 2.05) is 23.6 Å². The van der Waals surface area contributed by atoms with Crippen LogP contribution in [0.25, 0.3) is 10.6 Å². The monoisotopic (exact) mass is 434 g/mol. The Balaban J connectivity index is 1.63. The first kappa shape index (κ1) is 21.1. The van der Waals surface area contributed by atoms with E-state index < -0.39 is 10.0 Å². The normalized spacial score (nSPS) is 11.3. The fourth-order valence-electron chi connectivity index (χ4n) is 2.68. The molecule has 1 aromatic heterocycles. The molecule has 0 fully saturated rings. The summed E-state index contributed by atoms with van der Waals surface area (Å²) in [4.78, 5) is 4.79. The molecule has 0 spiro atoms. The fourth-order valence-corrected chi connectivity index (χ4v) is 4.56. The highest BCUT2D eigenvalue weighted by Crippen LogP contribution is 2.33. The molecule has 0 radical (unpaired) electrons. The van der Waals surface area contributed by atoms with Gasteiger partial charge in [0, 0.05) is 23.9 Å². The maximum atomic E-state index is 12.4. The van der Waals surface area contributed by atoms with Crippen molar-refractivity contribution >= 4 is 21.4 Å². The van der Waals surface area contributed by atoms with E-state index in [0.29, 0.717) is 23.7 Å². The molecule has 1 N–H and O–H groups in total. The van der Waals surface area contributed by atoms with E-state index in [9.17, 15) is 8.42 Å². The summed E-state index contributed by atoms with van der Waals surface area (Å²) in [6, 6.07) is 11.9. The zero-order chi connectivity index (χ0) is 20.9. The van der Waals surface area contributed by atoms with E-state index in [1.54, 1.807) is 26.4 Å². The summed E-state index contributed by atoms with van der Waals surface area (Å²) in [5, 5.41) is 2.76. The Kier molecular flexibility index (Phi) is 6.73. The van der Waals surface area contributed by atoms with Gasteiger partial charge in [-0.1, -0.05) is 0 Å².